The van der Waals surface area contributed by atoms with Crippen LogP contribution >= 0.6 is 12.2 Å². The Hall–Kier alpha value is -2.14. The lowest BCUT2D eigenvalue weighted by molar-refractivity contribution is 0.343. The molecule has 0 atom stereocenters. The van der Waals surface area contributed by atoms with Crippen LogP contribution in [0.25, 0.3) is 11.0 Å². The van der Waals surface area contributed by atoms with E-state index >= 15 is 0 Å². The molecule has 5 heteroatoms. The normalized spacial score (nSPS) is 11.0. The Kier molecular flexibility index (Phi) is 3.75. The zero-order valence-corrected chi connectivity index (χ0v) is 12.4. The van der Waals surface area contributed by atoms with E-state index < -0.39 is 0 Å². The highest BCUT2D eigenvalue weighted by Gasteiger charge is 2.09. The Balaban J connectivity index is 2.08. The lowest BCUT2D eigenvalue weighted by Gasteiger charge is -2.07. The molecule has 21 heavy (non-hydrogen) atoms. The average molecular weight is 302 g/mol. The molecular weight excluding hydrogens is 287 g/mol. The second-order valence-corrected chi connectivity index (χ2v) is 5.12. The number of aromatic amines is 1. The van der Waals surface area contributed by atoms with E-state index in [-0.39, 0.29) is 5.82 Å². The molecule has 0 fully saturated rings. The number of hydrogen-bond donors (Lipinski definition) is 1. The van der Waals surface area contributed by atoms with E-state index in [9.17, 15) is 4.39 Å². The van der Waals surface area contributed by atoms with Crippen LogP contribution in [0.1, 0.15) is 12.5 Å². The molecule has 1 N–H and O–H groups in total. The van der Waals surface area contributed by atoms with Gasteiger partial charge in [0, 0.05) is 0 Å². The SMILES string of the molecule is CCOc1cccc2c1[nH]c(=S)n2Cc1cccc(F)c1. The molecule has 2 aromatic carbocycles. The minimum Gasteiger partial charge on any atom is -0.492 e. The number of fused-ring (bicyclic) bond motifs is 1. The number of ether oxygens (including phenoxy) is 1. The highest BCUT2D eigenvalue weighted by Crippen LogP contribution is 2.25. The molecule has 3 rings (SSSR count). The summed E-state index contributed by atoms with van der Waals surface area (Å²) in [7, 11) is 0. The van der Waals surface area contributed by atoms with Gasteiger partial charge in [-0.2, -0.15) is 0 Å². The van der Waals surface area contributed by atoms with Crippen molar-refractivity contribution in [3.63, 3.8) is 0 Å². The van der Waals surface area contributed by atoms with Crippen molar-refractivity contribution >= 4 is 23.3 Å². The third-order valence-corrected chi connectivity index (χ3v) is 3.62. The van der Waals surface area contributed by atoms with Crippen molar-refractivity contribution in [3.05, 3.63) is 58.6 Å². The van der Waals surface area contributed by atoms with Crippen molar-refractivity contribution in [1.82, 2.24) is 9.55 Å². The fourth-order valence-electron chi connectivity index (χ4n) is 2.40. The predicted octanol–water partition coefficient (Wildman–Crippen LogP) is 4.28. The van der Waals surface area contributed by atoms with Gasteiger partial charge < -0.3 is 14.3 Å². The first-order valence-corrected chi connectivity index (χ1v) is 7.18. The molecule has 108 valence electrons. The van der Waals surface area contributed by atoms with Crippen molar-refractivity contribution in [2.75, 3.05) is 6.61 Å². The van der Waals surface area contributed by atoms with Crippen molar-refractivity contribution in [2.45, 2.75) is 13.5 Å². The number of imidazole rings is 1. The van der Waals surface area contributed by atoms with Gasteiger partial charge in [0.2, 0.25) is 0 Å². The lowest BCUT2D eigenvalue weighted by atomic mass is 10.2. The average Bonchev–Trinajstić information content (AvgIpc) is 2.77. The number of hydrogen-bond acceptors (Lipinski definition) is 2. The van der Waals surface area contributed by atoms with Crippen molar-refractivity contribution in [1.29, 1.82) is 0 Å². The molecule has 0 unspecified atom stereocenters. The van der Waals surface area contributed by atoms with Gasteiger partial charge in [-0.3, -0.25) is 0 Å². The number of benzene rings is 2. The molecule has 0 bridgehead atoms. The van der Waals surface area contributed by atoms with Crippen LogP contribution in [0.4, 0.5) is 4.39 Å². The predicted molar refractivity (Wildman–Crippen MR) is 83.8 cm³/mol. The van der Waals surface area contributed by atoms with Crippen molar-refractivity contribution < 1.29 is 9.13 Å². The van der Waals surface area contributed by atoms with Crippen molar-refractivity contribution in [2.24, 2.45) is 0 Å². The van der Waals surface area contributed by atoms with Crippen LogP contribution in [0.15, 0.2) is 42.5 Å². The first kappa shape index (κ1) is 13.8. The van der Waals surface area contributed by atoms with Gasteiger partial charge in [0.05, 0.1) is 18.7 Å². The summed E-state index contributed by atoms with van der Waals surface area (Å²) >= 11 is 5.39. The molecule has 1 aromatic heterocycles. The van der Waals surface area contributed by atoms with E-state index in [0.717, 1.165) is 22.3 Å². The number of rotatable bonds is 4. The van der Waals surface area contributed by atoms with E-state index in [2.05, 4.69) is 4.98 Å². The molecule has 0 amide bonds. The summed E-state index contributed by atoms with van der Waals surface area (Å²) in [5.74, 6) is 0.535. The maximum atomic E-state index is 13.3. The number of aromatic nitrogens is 2. The fraction of sp³-hybridized carbons (Fsp3) is 0.188. The first-order valence-electron chi connectivity index (χ1n) is 6.78. The standard InChI is InChI=1S/C16H15FN2OS/c1-2-20-14-8-4-7-13-15(14)18-16(21)19(13)10-11-5-3-6-12(17)9-11/h3-9H,2,10H2,1H3,(H,18,21). The summed E-state index contributed by atoms with van der Waals surface area (Å²) in [6.07, 6.45) is 0. The van der Waals surface area contributed by atoms with Gasteiger partial charge in [-0.15, -0.1) is 0 Å². The number of halogens is 1. The van der Waals surface area contributed by atoms with Gasteiger partial charge in [-0.25, -0.2) is 4.39 Å². The quantitative estimate of drug-likeness (QED) is 0.729. The monoisotopic (exact) mass is 302 g/mol. The van der Waals surface area contributed by atoms with E-state index in [1.807, 2.05) is 35.8 Å². The maximum Gasteiger partial charge on any atom is 0.178 e. The van der Waals surface area contributed by atoms with E-state index in [1.54, 1.807) is 6.07 Å². The Labute approximate surface area is 127 Å². The molecule has 0 radical (unpaired) electrons. The first-order chi connectivity index (χ1) is 10.2. The van der Waals surface area contributed by atoms with Gasteiger partial charge in [-0.1, -0.05) is 18.2 Å². The van der Waals surface area contributed by atoms with Crippen LogP contribution < -0.4 is 4.74 Å². The number of nitrogens with one attached hydrogen (secondary N) is 1. The molecule has 0 aliphatic heterocycles. The fourth-order valence-corrected chi connectivity index (χ4v) is 2.67. The molecule has 0 aliphatic carbocycles. The maximum absolute atomic E-state index is 13.3. The third-order valence-electron chi connectivity index (χ3n) is 3.30. The number of para-hydroxylation sites is 1. The van der Waals surface area contributed by atoms with E-state index in [4.69, 9.17) is 17.0 Å². The lowest BCUT2D eigenvalue weighted by Crippen LogP contribution is -2.00. The highest BCUT2D eigenvalue weighted by atomic mass is 32.1. The van der Waals surface area contributed by atoms with Crippen LogP contribution in [-0.4, -0.2) is 16.2 Å². The van der Waals surface area contributed by atoms with Crippen LogP contribution in [0.2, 0.25) is 0 Å². The van der Waals surface area contributed by atoms with Crippen molar-refractivity contribution in [3.8, 4) is 5.75 Å². The van der Waals surface area contributed by atoms with Crippen LogP contribution in [-0.2, 0) is 6.54 Å². The Morgan fingerprint density at radius 1 is 1.24 bits per heavy atom. The molecule has 0 saturated carbocycles. The van der Waals surface area contributed by atoms with Gasteiger partial charge in [0.15, 0.2) is 4.77 Å². The molecule has 3 aromatic rings. The Morgan fingerprint density at radius 2 is 2.05 bits per heavy atom. The van der Waals surface area contributed by atoms with E-state index in [1.165, 1.54) is 12.1 Å². The Morgan fingerprint density at radius 3 is 2.81 bits per heavy atom. The molecule has 0 saturated heterocycles. The molecule has 1 heterocycles. The molecule has 3 nitrogen and oxygen atoms in total. The zero-order valence-electron chi connectivity index (χ0n) is 11.6. The Bertz CT molecular complexity index is 838. The van der Waals surface area contributed by atoms with Gasteiger partial charge in [0.25, 0.3) is 0 Å². The molecule has 0 spiro atoms. The topological polar surface area (TPSA) is 29.9 Å². The van der Waals surface area contributed by atoms with Gasteiger partial charge in [0.1, 0.15) is 17.1 Å². The molecule has 0 aliphatic rings. The van der Waals surface area contributed by atoms with Crippen LogP contribution in [0, 0.1) is 10.6 Å². The summed E-state index contributed by atoms with van der Waals surface area (Å²) in [6, 6.07) is 12.4. The minimum absolute atomic E-state index is 0.242. The largest absolute Gasteiger partial charge is 0.492 e. The van der Waals surface area contributed by atoms with E-state index in [0.29, 0.717) is 17.9 Å². The summed E-state index contributed by atoms with van der Waals surface area (Å²) in [4.78, 5) is 3.17. The summed E-state index contributed by atoms with van der Waals surface area (Å²) < 4.78 is 21.5. The van der Waals surface area contributed by atoms with Crippen LogP contribution in [0.5, 0.6) is 5.75 Å². The second-order valence-electron chi connectivity index (χ2n) is 4.73. The van der Waals surface area contributed by atoms with Gasteiger partial charge >= 0.3 is 0 Å². The highest BCUT2D eigenvalue weighted by molar-refractivity contribution is 7.71. The number of nitrogens with zero attached hydrogens (tertiary/aromatic N) is 1. The minimum atomic E-state index is -0.242. The summed E-state index contributed by atoms with van der Waals surface area (Å²) in [6.45, 7) is 3.05. The molecular formula is C16H15FN2OS. The smallest absolute Gasteiger partial charge is 0.178 e. The third kappa shape index (κ3) is 2.69. The summed E-state index contributed by atoms with van der Waals surface area (Å²) in [5.41, 5.74) is 2.70. The van der Waals surface area contributed by atoms with Gasteiger partial charge in [-0.05, 0) is 49.0 Å². The summed E-state index contributed by atoms with van der Waals surface area (Å²) in [5, 5.41) is 0. The second kappa shape index (κ2) is 5.69. The zero-order chi connectivity index (χ0) is 14.8. The number of H-pyrrole nitrogens is 1. The van der Waals surface area contributed by atoms with Crippen LogP contribution in [0.3, 0.4) is 0 Å².